The number of nitrogens with one attached hydrogen (secondary N) is 2. The van der Waals surface area contributed by atoms with Gasteiger partial charge in [0.25, 0.3) is 0 Å². The summed E-state index contributed by atoms with van der Waals surface area (Å²) in [6, 6.07) is 16.1. The molecule has 104 valence electrons. The van der Waals surface area contributed by atoms with Crippen molar-refractivity contribution in [3.63, 3.8) is 0 Å². The maximum absolute atomic E-state index is 11.8. The van der Waals surface area contributed by atoms with Gasteiger partial charge in [-0.25, -0.2) is 4.79 Å². The molecule has 0 saturated carbocycles. The van der Waals surface area contributed by atoms with Gasteiger partial charge in [-0.15, -0.1) is 0 Å². The number of carbonyl (C=O) groups excluding carboxylic acids is 1. The molecule has 0 fully saturated rings. The van der Waals surface area contributed by atoms with Gasteiger partial charge in [0.2, 0.25) is 0 Å². The highest BCUT2D eigenvalue weighted by molar-refractivity contribution is 5.99. The quantitative estimate of drug-likeness (QED) is 0.782. The normalized spacial score (nSPS) is 9.85. The predicted octanol–water partition coefficient (Wildman–Crippen LogP) is 2.67. The third-order valence-corrected chi connectivity index (χ3v) is 2.53. The van der Waals surface area contributed by atoms with E-state index < -0.39 is 0 Å². The van der Waals surface area contributed by atoms with E-state index in [0.29, 0.717) is 18.8 Å². The van der Waals surface area contributed by atoms with Crippen molar-refractivity contribution < 1.29 is 9.53 Å². The van der Waals surface area contributed by atoms with Crippen molar-refractivity contribution in [2.45, 2.75) is 0 Å². The first kappa shape index (κ1) is 13.9. The van der Waals surface area contributed by atoms with Gasteiger partial charge in [-0.1, -0.05) is 18.2 Å². The van der Waals surface area contributed by atoms with Crippen LogP contribution in [0.3, 0.4) is 0 Å². The van der Waals surface area contributed by atoms with Gasteiger partial charge in [0.05, 0.1) is 0 Å². The molecule has 0 heterocycles. The van der Waals surface area contributed by atoms with Crippen LogP contribution in [0.25, 0.3) is 0 Å². The largest absolute Gasteiger partial charge is 0.492 e. The Hall–Kier alpha value is -2.53. The van der Waals surface area contributed by atoms with Gasteiger partial charge in [0.1, 0.15) is 12.4 Å². The molecule has 0 spiro atoms. The van der Waals surface area contributed by atoms with E-state index in [1.165, 1.54) is 0 Å². The monoisotopic (exact) mass is 271 g/mol. The third-order valence-electron chi connectivity index (χ3n) is 2.53. The minimum absolute atomic E-state index is 0.285. The van der Waals surface area contributed by atoms with Crippen LogP contribution in [0.1, 0.15) is 0 Å². The lowest BCUT2D eigenvalue weighted by atomic mass is 10.3. The fraction of sp³-hybridized carbons (Fsp3) is 0.133. The molecule has 20 heavy (non-hydrogen) atoms. The van der Waals surface area contributed by atoms with E-state index in [2.05, 4.69) is 10.6 Å². The fourth-order valence-electron chi connectivity index (χ4n) is 1.63. The van der Waals surface area contributed by atoms with E-state index in [4.69, 9.17) is 10.5 Å². The van der Waals surface area contributed by atoms with E-state index >= 15 is 0 Å². The van der Waals surface area contributed by atoms with Gasteiger partial charge in [-0.2, -0.15) is 0 Å². The summed E-state index contributed by atoms with van der Waals surface area (Å²) in [6.07, 6.45) is 0. The molecule has 5 heteroatoms. The van der Waals surface area contributed by atoms with E-state index in [1.54, 1.807) is 24.3 Å². The Kier molecular flexibility index (Phi) is 4.97. The number of urea groups is 1. The molecule has 2 aromatic carbocycles. The summed E-state index contributed by atoms with van der Waals surface area (Å²) in [7, 11) is 0. The van der Waals surface area contributed by atoms with Crippen LogP contribution in [0.2, 0.25) is 0 Å². The Morgan fingerprint density at radius 2 is 1.55 bits per heavy atom. The zero-order valence-corrected chi connectivity index (χ0v) is 11.0. The number of carbonyl (C=O) groups is 1. The topological polar surface area (TPSA) is 76.4 Å². The summed E-state index contributed by atoms with van der Waals surface area (Å²) in [6.45, 7) is 0.945. The number of rotatable bonds is 5. The van der Waals surface area contributed by atoms with Gasteiger partial charge in [-0.3, -0.25) is 0 Å². The van der Waals surface area contributed by atoms with Crippen LogP contribution in [0.4, 0.5) is 16.2 Å². The predicted molar refractivity (Wildman–Crippen MR) is 80.1 cm³/mol. The molecule has 2 rings (SSSR count). The highest BCUT2D eigenvalue weighted by Gasteiger charge is 2.02. The molecule has 4 N–H and O–H groups in total. The second-order valence-corrected chi connectivity index (χ2v) is 4.11. The average Bonchev–Trinajstić information content (AvgIpc) is 2.47. The molecule has 0 aliphatic heterocycles. The molecule has 5 nitrogen and oxygen atoms in total. The molecule has 0 unspecified atom stereocenters. The van der Waals surface area contributed by atoms with Crippen molar-refractivity contribution >= 4 is 17.4 Å². The number of amides is 2. The minimum atomic E-state index is -0.285. The Morgan fingerprint density at radius 3 is 2.15 bits per heavy atom. The van der Waals surface area contributed by atoms with Crippen molar-refractivity contribution in [2.75, 3.05) is 23.8 Å². The Balaban J connectivity index is 1.88. The number of para-hydroxylation sites is 1. The van der Waals surface area contributed by atoms with Gasteiger partial charge >= 0.3 is 6.03 Å². The molecule has 0 saturated heterocycles. The summed E-state index contributed by atoms with van der Waals surface area (Å²) in [5.41, 5.74) is 6.79. The van der Waals surface area contributed by atoms with E-state index in [0.717, 1.165) is 11.4 Å². The Labute approximate surface area is 117 Å². The van der Waals surface area contributed by atoms with Crippen molar-refractivity contribution in [3.05, 3.63) is 54.6 Å². The smallest absolute Gasteiger partial charge is 0.323 e. The minimum Gasteiger partial charge on any atom is -0.492 e. The molecule has 2 amide bonds. The summed E-state index contributed by atoms with van der Waals surface area (Å²) in [4.78, 5) is 11.8. The zero-order valence-electron chi connectivity index (χ0n) is 11.0. The van der Waals surface area contributed by atoms with Crippen LogP contribution in [-0.4, -0.2) is 19.2 Å². The van der Waals surface area contributed by atoms with Crippen molar-refractivity contribution in [1.29, 1.82) is 0 Å². The Morgan fingerprint density at radius 1 is 0.950 bits per heavy atom. The molecular formula is C15H17N3O2. The lowest BCUT2D eigenvalue weighted by Crippen LogP contribution is -2.19. The molecule has 2 aromatic rings. The van der Waals surface area contributed by atoms with Crippen LogP contribution >= 0.6 is 0 Å². The van der Waals surface area contributed by atoms with Gasteiger partial charge in [0, 0.05) is 17.9 Å². The number of ether oxygens (including phenoxy) is 1. The van der Waals surface area contributed by atoms with Crippen molar-refractivity contribution in [1.82, 2.24) is 0 Å². The number of hydrogen-bond acceptors (Lipinski definition) is 3. The number of hydrogen-bond donors (Lipinski definition) is 3. The lowest BCUT2D eigenvalue weighted by Gasteiger charge is -2.09. The molecular weight excluding hydrogens is 254 g/mol. The summed E-state index contributed by atoms with van der Waals surface area (Å²) < 4.78 is 5.36. The van der Waals surface area contributed by atoms with E-state index in [-0.39, 0.29) is 6.03 Å². The van der Waals surface area contributed by atoms with Gasteiger partial charge in [-0.05, 0) is 36.4 Å². The zero-order chi connectivity index (χ0) is 14.2. The SMILES string of the molecule is NCCOc1ccc(NC(=O)Nc2ccccc2)cc1. The fourth-order valence-corrected chi connectivity index (χ4v) is 1.63. The lowest BCUT2D eigenvalue weighted by molar-refractivity contribution is 0.262. The Bertz CT molecular complexity index is 541. The van der Waals surface area contributed by atoms with Crippen LogP contribution in [0, 0.1) is 0 Å². The number of benzene rings is 2. The van der Waals surface area contributed by atoms with Crippen molar-refractivity contribution in [3.8, 4) is 5.75 Å². The second-order valence-electron chi connectivity index (χ2n) is 4.11. The summed E-state index contributed by atoms with van der Waals surface area (Å²) in [5, 5.41) is 5.48. The average molecular weight is 271 g/mol. The molecule has 0 radical (unpaired) electrons. The molecule has 0 aromatic heterocycles. The first-order valence-electron chi connectivity index (χ1n) is 6.34. The van der Waals surface area contributed by atoms with Gasteiger partial charge in [0.15, 0.2) is 0 Å². The summed E-state index contributed by atoms with van der Waals surface area (Å²) in [5.74, 6) is 0.726. The summed E-state index contributed by atoms with van der Waals surface area (Å²) >= 11 is 0. The highest BCUT2D eigenvalue weighted by atomic mass is 16.5. The molecule has 0 aliphatic rings. The first-order valence-corrected chi connectivity index (χ1v) is 6.34. The van der Waals surface area contributed by atoms with E-state index in [1.807, 2.05) is 30.3 Å². The maximum Gasteiger partial charge on any atom is 0.323 e. The third kappa shape index (κ3) is 4.29. The number of nitrogens with two attached hydrogens (primary N) is 1. The van der Waals surface area contributed by atoms with Crippen LogP contribution in [0.5, 0.6) is 5.75 Å². The number of anilines is 2. The highest BCUT2D eigenvalue weighted by Crippen LogP contribution is 2.16. The molecule has 0 bridgehead atoms. The van der Waals surface area contributed by atoms with Gasteiger partial charge < -0.3 is 21.1 Å². The van der Waals surface area contributed by atoms with Crippen LogP contribution in [-0.2, 0) is 0 Å². The van der Waals surface area contributed by atoms with Crippen molar-refractivity contribution in [2.24, 2.45) is 5.73 Å². The molecule has 0 aliphatic carbocycles. The van der Waals surface area contributed by atoms with Crippen LogP contribution < -0.4 is 21.1 Å². The first-order chi connectivity index (χ1) is 9.78. The second kappa shape index (κ2) is 7.16. The maximum atomic E-state index is 11.8. The standard InChI is InChI=1S/C15H17N3O2/c16-10-11-20-14-8-6-13(7-9-14)18-15(19)17-12-4-2-1-3-5-12/h1-9H,10-11,16H2,(H2,17,18,19). The van der Waals surface area contributed by atoms with E-state index in [9.17, 15) is 4.79 Å². The van der Waals surface area contributed by atoms with Crippen LogP contribution in [0.15, 0.2) is 54.6 Å². The molecule has 0 atom stereocenters.